The molecule has 1 aromatic carbocycles. The number of carbonyl (C=O) groups is 2. The molecule has 4 heterocycles. The lowest BCUT2D eigenvalue weighted by molar-refractivity contribution is -0.128. The number of Topliss-reactive ketones (excluding diaryl/α,β-unsaturated/α-hetero) is 1. The van der Waals surface area contributed by atoms with Gasteiger partial charge in [-0.1, -0.05) is 12.1 Å². The van der Waals surface area contributed by atoms with Crippen molar-refractivity contribution in [1.82, 2.24) is 19.4 Å². The summed E-state index contributed by atoms with van der Waals surface area (Å²) in [5, 5.41) is 2.87. The summed E-state index contributed by atoms with van der Waals surface area (Å²) in [5.74, 6) is -0.411. The second kappa shape index (κ2) is 9.08. The first-order chi connectivity index (χ1) is 15.7. The monoisotopic (exact) mass is 433 g/mol. The first-order valence-corrected chi connectivity index (χ1v) is 11.3. The van der Waals surface area contributed by atoms with Gasteiger partial charge in [-0.2, -0.15) is 0 Å². The molecule has 0 saturated carbocycles. The van der Waals surface area contributed by atoms with Gasteiger partial charge in [-0.25, -0.2) is 4.98 Å². The summed E-state index contributed by atoms with van der Waals surface area (Å²) in [6.07, 6.45) is 6.96. The number of ether oxygens (including phenoxy) is 1. The highest BCUT2D eigenvalue weighted by atomic mass is 16.5. The molecule has 32 heavy (non-hydrogen) atoms. The van der Waals surface area contributed by atoms with Gasteiger partial charge in [-0.05, 0) is 44.5 Å². The van der Waals surface area contributed by atoms with Crippen molar-refractivity contribution in [3.63, 3.8) is 0 Å². The number of benzene rings is 1. The maximum atomic E-state index is 13.2. The number of hydrogen-bond acceptors (Lipinski definition) is 6. The smallest absolute Gasteiger partial charge is 0.242 e. The minimum absolute atomic E-state index is 0.123. The van der Waals surface area contributed by atoms with Crippen molar-refractivity contribution in [1.29, 1.82) is 0 Å². The van der Waals surface area contributed by atoms with Crippen LogP contribution in [0.1, 0.15) is 37.4 Å². The van der Waals surface area contributed by atoms with Crippen LogP contribution in [0.3, 0.4) is 0 Å². The van der Waals surface area contributed by atoms with Crippen molar-refractivity contribution in [3.8, 4) is 5.75 Å². The SMILES string of the molecule is O=C1CCn2c(nc3ccccc32)C1C(=O)Nc1cnccc1OCCCN1CCCC1. The van der Waals surface area contributed by atoms with Crippen LogP contribution in [0.25, 0.3) is 11.0 Å². The predicted octanol–water partition coefficient (Wildman–Crippen LogP) is 2.99. The molecule has 0 bridgehead atoms. The third-order valence-electron chi connectivity index (χ3n) is 6.22. The van der Waals surface area contributed by atoms with Gasteiger partial charge in [0.15, 0.2) is 11.7 Å². The molecule has 1 unspecified atom stereocenters. The number of nitrogens with one attached hydrogen (secondary N) is 1. The molecule has 0 spiro atoms. The van der Waals surface area contributed by atoms with Crippen LogP contribution in [-0.2, 0) is 16.1 Å². The highest BCUT2D eigenvalue weighted by Crippen LogP contribution is 2.31. The van der Waals surface area contributed by atoms with Gasteiger partial charge in [0.1, 0.15) is 17.3 Å². The zero-order valence-electron chi connectivity index (χ0n) is 18.0. The number of aromatic nitrogens is 3. The second-order valence-electron chi connectivity index (χ2n) is 8.37. The van der Waals surface area contributed by atoms with Gasteiger partial charge < -0.3 is 19.5 Å². The first-order valence-electron chi connectivity index (χ1n) is 11.3. The van der Waals surface area contributed by atoms with Crippen molar-refractivity contribution in [3.05, 3.63) is 48.5 Å². The van der Waals surface area contributed by atoms with Gasteiger partial charge in [0.25, 0.3) is 0 Å². The Bertz CT molecular complexity index is 1140. The Balaban J connectivity index is 1.29. The number of rotatable bonds is 7. The number of likely N-dealkylation sites (tertiary alicyclic amines) is 1. The largest absolute Gasteiger partial charge is 0.491 e. The highest BCUT2D eigenvalue weighted by Gasteiger charge is 2.36. The van der Waals surface area contributed by atoms with Gasteiger partial charge in [0, 0.05) is 31.8 Å². The number of ketones is 1. The molecule has 2 aromatic heterocycles. The summed E-state index contributed by atoms with van der Waals surface area (Å²) in [4.78, 5) is 37.1. The van der Waals surface area contributed by atoms with Gasteiger partial charge in [0.05, 0.1) is 23.8 Å². The van der Waals surface area contributed by atoms with Crippen LogP contribution in [0.2, 0.25) is 0 Å². The molecule has 1 atom stereocenters. The fourth-order valence-electron chi connectivity index (χ4n) is 4.61. The lowest BCUT2D eigenvalue weighted by Crippen LogP contribution is -2.34. The number of anilines is 1. The molecule has 1 amide bonds. The summed E-state index contributed by atoms with van der Waals surface area (Å²) in [6.45, 7) is 4.44. The number of pyridine rings is 1. The highest BCUT2D eigenvalue weighted by molar-refractivity contribution is 6.12. The Kier molecular flexibility index (Phi) is 5.85. The molecule has 3 aromatic rings. The Labute approximate surface area is 186 Å². The van der Waals surface area contributed by atoms with Crippen molar-refractivity contribution in [2.24, 2.45) is 0 Å². The molecule has 8 heteroatoms. The fraction of sp³-hybridized carbons (Fsp3) is 0.417. The van der Waals surface area contributed by atoms with E-state index in [4.69, 9.17) is 4.74 Å². The standard InChI is InChI=1S/C24H27N5O3/c30-20-9-14-29-19-7-2-1-6-17(19)26-23(29)22(20)24(31)27-18-16-25-10-8-21(18)32-15-5-13-28-11-3-4-12-28/h1-2,6-8,10,16,22H,3-5,9,11-15H2,(H,27,31). The van der Waals surface area contributed by atoms with E-state index in [2.05, 4.69) is 20.2 Å². The summed E-state index contributed by atoms with van der Waals surface area (Å²) in [5.41, 5.74) is 2.20. The maximum Gasteiger partial charge on any atom is 0.242 e. The molecule has 2 aliphatic heterocycles. The fourth-order valence-corrected chi connectivity index (χ4v) is 4.61. The normalized spacial score (nSPS) is 18.6. The Morgan fingerprint density at radius 3 is 2.88 bits per heavy atom. The summed E-state index contributed by atoms with van der Waals surface area (Å²) < 4.78 is 7.91. The van der Waals surface area contributed by atoms with E-state index in [1.807, 2.05) is 28.8 Å². The molecule has 0 radical (unpaired) electrons. The Morgan fingerprint density at radius 2 is 2.00 bits per heavy atom. The van der Waals surface area contributed by atoms with Crippen LogP contribution in [-0.4, -0.2) is 57.4 Å². The van der Waals surface area contributed by atoms with Crippen LogP contribution in [0.4, 0.5) is 5.69 Å². The van der Waals surface area contributed by atoms with E-state index in [1.54, 1.807) is 18.5 Å². The molecule has 1 saturated heterocycles. The molecule has 1 N–H and O–H groups in total. The molecule has 2 aliphatic rings. The Hall–Kier alpha value is -3.26. The van der Waals surface area contributed by atoms with Gasteiger partial charge in [-0.15, -0.1) is 0 Å². The lowest BCUT2D eigenvalue weighted by Gasteiger charge is -2.22. The average Bonchev–Trinajstić information content (AvgIpc) is 3.45. The molecule has 0 aliphatic carbocycles. The van der Waals surface area contributed by atoms with Crippen LogP contribution in [0.15, 0.2) is 42.7 Å². The van der Waals surface area contributed by atoms with Crippen LogP contribution in [0.5, 0.6) is 5.75 Å². The van der Waals surface area contributed by atoms with Gasteiger partial charge >= 0.3 is 0 Å². The van der Waals surface area contributed by atoms with E-state index < -0.39 is 11.8 Å². The lowest BCUT2D eigenvalue weighted by atomic mass is 9.96. The number of para-hydroxylation sites is 2. The zero-order chi connectivity index (χ0) is 21.9. The third-order valence-corrected chi connectivity index (χ3v) is 6.22. The molecule has 166 valence electrons. The Morgan fingerprint density at radius 1 is 1.16 bits per heavy atom. The van der Waals surface area contributed by atoms with E-state index in [9.17, 15) is 9.59 Å². The van der Waals surface area contributed by atoms with E-state index >= 15 is 0 Å². The van der Waals surface area contributed by atoms with E-state index in [0.717, 1.165) is 37.1 Å². The molecule has 8 nitrogen and oxygen atoms in total. The summed E-state index contributed by atoms with van der Waals surface area (Å²) in [7, 11) is 0. The van der Waals surface area contributed by atoms with E-state index in [-0.39, 0.29) is 5.78 Å². The number of amides is 1. The van der Waals surface area contributed by atoms with Crippen LogP contribution < -0.4 is 10.1 Å². The predicted molar refractivity (Wildman–Crippen MR) is 121 cm³/mol. The minimum atomic E-state index is -0.945. The maximum absolute atomic E-state index is 13.2. The van der Waals surface area contributed by atoms with Crippen LogP contribution in [0, 0.1) is 0 Å². The average molecular weight is 434 g/mol. The second-order valence-corrected chi connectivity index (χ2v) is 8.37. The number of fused-ring (bicyclic) bond motifs is 3. The number of hydrogen-bond donors (Lipinski definition) is 1. The molecular weight excluding hydrogens is 406 g/mol. The quantitative estimate of drug-likeness (QED) is 0.455. The number of nitrogens with zero attached hydrogens (tertiary/aromatic N) is 4. The zero-order valence-corrected chi connectivity index (χ0v) is 18.0. The van der Waals surface area contributed by atoms with Crippen LogP contribution >= 0.6 is 0 Å². The number of aryl methyl sites for hydroxylation is 1. The van der Waals surface area contributed by atoms with E-state index in [0.29, 0.717) is 36.8 Å². The van der Waals surface area contributed by atoms with Crippen molar-refractivity contribution < 1.29 is 14.3 Å². The number of imidazole rings is 1. The summed E-state index contributed by atoms with van der Waals surface area (Å²) in [6, 6.07) is 9.44. The number of carbonyl (C=O) groups excluding carboxylic acids is 2. The third kappa shape index (κ3) is 4.10. The topological polar surface area (TPSA) is 89.3 Å². The summed E-state index contributed by atoms with van der Waals surface area (Å²) >= 11 is 0. The molecular formula is C24H27N5O3. The first kappa shape index (κ1) is 20.6. The molecule has 5 rings (SSSR count). The van der Waals surface area contributed by atoms with Gasteiger partial charge in [0.2, 0.25) is 5.91 Å². The van der Waals surface area contributed by atoms with Crippen molar-refractivity contribution in [2.75, 3.05) is 31.6 Å². The van der Waals surface area contributed by atoms with Crippen molar-refractivity contribution >= 4 is 28.4 Å². The van der Waals surface area contributed by atoms with E-state index in [1.165, 1.54) is 12.8 Å². The van der Waals surface area contributed by atoms with Gasteiger partial charge in [-0.3, -0.25) is 14.6 Å². The minimum Gasteiger partial charge on any atom is -0.491 e. The molecule has 1 fully saturated rings. The van der Waals surface area contributed by atoms with Crippen molar-refractivity contribution in [2.45, 2.75) is 38.1 Å².